The molecule has 0 N–H and O–H groups in total. The van der Waals surface area contributed by atoms with E-state index < -0.39 is 18.0 Å². The number of carbonyl (C=O) groups is 1. The standard InChI is InChI=1S/C13H22F5NO/c1-9(2)5-7-19(8-6-10(3)4)11(20)12(14,15)13(16,17)18/h9-10H,5-8H2,1-4H3. The van der Waals surface area contributed by atoms with Gasteiger partial charge in [-0.05, 0) is 24.7 Å². The van der Waals surface area contributed by atoms with Gasteiger partial charge in [0.25, 0.3) is 0 Å². The van der Waals surface area contributed by atoms with Gasteiger partial charge in [-0.3, -0.25) is 4.79 Å². The molecule has 0 aromatic heterocycles. The predicted octanol–water partition coefficient (Wildman–Crippen LogP) is 4.10. The summed E-state index contributed by atoms with van der Waals surface area (Å²) in [6.45, 7) is 7.07. The van der Waals surface area contributed by atoms with Gasteiger partial charge in [-0.25, -0.2) is 0 Å². The maximum Gasteiger partial charge on any atom is 0.463 e. The van der Waals surface area contributed by atoms with Crippen LogP contribution in [0.15, 0.2) is 0 Å². The van der Waals surface area contributed by atoms with Crippen molar-refractivity contribution >= 4 is 5.91 Å². The van der Waals surface area contributed by atoms with Crippen LogP contribution in [-0.4, -0.2) is 36.0 Å². The largest absolute Gasteiger partial charge is 0.463 e. The van der Waals surface area contributed by atoms with E-state index in [1.54, 1.807) is 0 Å². The lowest BCUT2D eigenvalue weighted by atomic mass is 10.1. The second-order valence-corrected chi connectivity index (χ2v) is 5.73. The first-order valence-corrected chi connectivity index (χ1v) is 6.63. The molecule has 120 valence electrons. The van der Waals surface area contributed by atoms with E-state index in [2.05, 4.69) is 0 Å². The van der Waals surface area contributed by atoms with E-state index in [1.807, 2.05) is 27.7 Å². The minimum Gasteiger partial charge on any atom is -0.337 e. The molecule has 0 spiro atoms. The van der Waals surface area contributed by atoms with Gasteiger partial charge in [-0.2, -0.15) is 22.0 Å². The van der Waals surface area contributed by atoms with E-state index in [-0.39, 0.29) is 24.9 Å². The van der Waals surface area contributed by atoms with E-state index in [1.165, 1.54) is 0 Å². The van der Waals surface area contributed by atoms with Crippen molar-refractivity contribution in [2.45, 2.75) is 52.6 Å². The van der Waals surface area contributed by atoms with Crippen molar-refractivity contribution in [1.29, 1.82) is 0 Å². The monoisotopic (exact) mass is 303 g/mol. The van der Waals surface area contributed by atoms with Crippen molar-refractivity contribution in [3.63, 3.8) is 0 Å². The number of halogens is 5. The van der Waals surface area contributed by atoms with Crippen LogP contribution in [0.1, 0.15) is 40.5 Å². The van der Waals surface area contributed by atoms with Crippen molar-refractivity contribution in [3.05, 3.63) is 0 Å². The molecular weight excluding hydrogens is 281 g/mol. The summed E-state index contributed by atoms with van der Waals surface area (Å²) in [6.07, 6.45) is -5.08. The zero-order valence-corrected chi connectivity index (χ0v) is 12.2. The molecule has 0 atom stereocenters. The van der Waals surface area contributed by atoms with Crippen LogP contribution in [-0.2, 0) is 4.79 Å². The second-order valence-electron chi connectivity index (χ2n) is 5.73. The molecule has 0 aromatic carbocycles. The van der Waals surface area contributed by atoms with Gasteiger partial charge in [0.05, 0.1) is 0 Å². The molecule has 7 heteroatoms. The molecule has 0 radical (unpaired) electrons. The summed E-state index contributed by atoms with van der Waals surface area (Å²) in [5, 5.41) is 0. The maximum atomic E-state index is 13.1. The fraction of sp³-hybridized carbons (Fsp3) is 0.923. The lowest BCUT2D eigenvalue weighted by Crippen LogP contribution is -2.52. The molecule has 0 fully saturated rings. The van der Waals surface area contributed by atoms with E-state index in [0.29, 0.717) is 17.7 Å². The van der Waals surface area contributed by atoms with Crippen LogP contribution in [0.25, 0.3) is 0 Å². The minimum absolute atomic E-state index is 0.0884. The summed E-state index contributed by atoms with van der Waals surface area (Å²) in [4.78, 5) is 12.1. The van der Waals surface area contributed by atoms with E-state index in [0.717, 1.165) is 0 Å². The number of alkyl halides is 5. The van der Waals surface area contributed by atoms with Crippen LogP contribution in [0, 0.1) is 11.8 Å². The number of hydrogen-bond acceptors (Lipinski definition) is 1. The molecule has 0 aliphatic heterocycles. The zero-order valence-electron chi connectivity index (χ0n) is 12.2. The van der Waals surface area contributed by atoms with Gasteiger partial charge < -0.3 is 4.90 Å². The maximum absolute atomic E-state index is 13.1. The van der Waals surface area contributed by atoms with Gasteiger partial charge in [-0.1, -0.05) is 27.7 Å². The zero-order chi connectivity index (χ0) is 16.1. The topological polar surface area (TPSA) is 20.3 Å². The summed E-state index contributed by atoms with van der Waals surface area (Å²) in [5.74, 6) is -7.24. The van der Waals surface area contributed by atoms with Crippen molar-refractivity contribution in [3.8, 4) is 0 Å². The Morgan fingerprint density at radius 3 is 1.50 bits per heavy atom. The van der Waals surface area contributed by atoms with Crippen LogP contribution in [0.2, 0.25) is 0 Å². The number of amides is 1. The Morgan fingerprint density at radius 1 is 0.900 bits per heavy atom. The summed E-state index contributed by atoms with van der Waals surface area (Å²) < 4.78 is 62.9. The number of hydrogen-bond donors (Lipinski definition) is 0. The number of carbonyl (C=O) groups excluding carboxylic acids is 1. The molecule has 0 aliphatic carbocycles. The summed E-state index contributed by atoms with van der Waals surface area (Å²) in [7, 11) is 0. The van der Waals surface area contributed by atoms with Crippen molar-refractivity contribution in [1.82, 2.24) is 4.90 Å². The van der Waals surface area contributed by atoms with Crippen molar-refractivity contribution in [2.75, 3.05) is 13.1 Å². The summed E-state index contributed by atoms with van der Waals surface area (Å²) in [5.41, 5.74) is 0. The number of nitrogens with zero attached hydrogens (tertiary/aromatic N) is 1. The molecular formula is C13H22F5NO. The molecule has 0 rings (SSSR count). The molecule has 0 saturated heterocycles. The average Bonchev–Trinajstić information content (AvgIpc) is 2.26. The first kappa shape index (κ1) is 19.1. The van der Waals surface area contributed by atoms with Crippen LogP contribution in [0.4, 0.5) is 22.0 Å². The third-order valence-electron chi connectivity index (χ3n) is 2.86. The van der Waals surface area contributed by atoms with Crippen molar-refractivity contribution in [2.24, 2.45) is 11.8 Å². The normalized spacial score (nSPS) is 13.2. The predicted molar refractivity (Wildman–Crippen MR) is 66.5 cm³/mol. The van der Waals surface area contributed by atoms with E-state index in [4.69, 9.17) is 0 Å². The first-order valence-electron chi connectivity index (χ1n) is 6.63. The molecule has 0 aliphatic rings. The van der Waals surface area contributed by atoms with Gasteiger partial charge in [0.1, 0.15) is 0 Å². The Hall–Kier alpha value is -0.880. The van der Waals surface area contributed by atoms with E-state index >= 15 is 0 Å². The third kappa shape index (κ3) is 5.63. The third-order valence-corrected chi connectivity index (χ3v) is 2.86. The molecule has 0 saturated carbocycles. The van der Waals surface area contributed by atoms with Gasteiger partial charge in [0.15, 0.2) is 0 Å². The summed E-state index contributed by atoms with van der Waals surface area (Å²) >= 11 is 0. The lowest BCUT2D eigenvalue weighted by molar-refractivity contribution is -0.274. The average molecular weight is 303 g/mol. The quantitative estimate of drug-likeness (QED) is 0.648. The van der Waals surface area contributed by atoms with Gasteiger partial charge in [0, 0.05) is 13.1 Å². The highest BCUT2D eigenvalue weighted by Crippen LogP contribution is 2.37. The van der Waals surface area contributed by atoms with Crippen LogP contribution >= 0.6 is 0 Å². The Bertz CT molecular complexity index is 300. The Labute approximate surface area is 116 Å². The lowest BCUT2D eigenvalue weighted by Gasteiger charge is -2.29. The molecule has 0 unspecified atom stereocenters. The molecule has 0 aromatic rings. The molecule has 0 heterocycles. The fourth-order valence-electron chi connectivity index (χ4n) is 1.46. The van der Waals surface area contributed by atoms with Gasteiger partial charge in [0.2, 0.25) is 0 Å². The fourth-order valence-corrected chi connectivity index (χ4v) is 1.46. The van der Waals surface area contributed by atoms with Crippen LogP contribution in [0.3, 0.4) is 0 Å². The van der Waals surface area contributed by atoms with E-state index in [9.17, 15) is 26.7 Å². The van der Waals surface area contributed by atoms with Gasteiger partial charge >= 0.3 is 18.0 Å². The smallest absolute Gasteiger partial charge is 0.337 e. The Balaban J connectivity index is 4.95. The molecule has 0 bridgehead atoms. The minimum atomic E-state index is -5.85. The molecule has 2 nitrogen and oxygen atoms in total. The van der Waals surface area contributed by atoms with Gasteiger partial charge in [-0.15, -0.1) is 0 Å². The SMILES string of the molecule is CC(C)CCN(CCC(C)C)C(=O)C(F)(F)C(F)(F)F. The highest BCUT2D eigenvalue weighted by molar-refractivity contribution is 5.84. The Kier molecular flexibility index (Phi) is 6.90. The Morgan fingerprint density at radius 2 is 1.25 bits per heavy atom. The molecule has 1 amide bonds. The highest BCUT2D eigenvalue weighted by Gasteiger charge is 2.64. The van der Waals surface area contributed by atoms with Crippen molar-refractivity contribution < 1.29 is 26.7 Å². The van der Waals surface area contributed by atoms with Crippen LogP contribution < -0.4 is 0 Å². The molecule has 20 heavy (non-hydrogen) atoms. The summed E-state index contributed by atoms with van der Waals surface area (Å²) in [6, 6.07) is 0. The van der Waals surface area contributed by atoms with Crippen LogP contribution in [0.5, 0.6) is 0 Å². The number of rotatable bonds is 7. The highest BCUT2D eigenvalue weighted by atomic mass is 19.4. The second kappa shape index (κ2) is 7.22. The first-order chi connectivity index (χ1) is 8.89.